The molecule has 40 heavy (non-hydrogen) atoms. The minimum absolute atomic E-state index is 0.0295. The number of rotatable bonds is 8. The van der Waals surface area contributed by atoms with Crippen molar-refractivity contribution in [3.63, 3.8) is 0 Å². The highest BCUT2D eigenvalue weighted by atomic mass is 17.2. The van der Waals surface area contributed by atoms with Gasteiger partial charge in [0.15, 0.2) is 0 Å². The van der Waals surface area contributed by atoms with Crippen LogP contribution >= 0.6 is 0 Å². The monoisotopic (exact) mass is 534 g/mol. The molecule has 0 bridgehead atoms. The Morgan fingerprint density at radius 1 is 0.675 bits per heavy atom. The molecule has 1 saturated carbocycles. The van der Waals surface area contributed by atoms with Gasteiger partial charge in [0.05, 0.1) is 11.1 Å². The second kappa shape index (κ2) is 12.3. The van der Waals surface area contributed by atoms with E-state index in [0.717, 1.165) is 22.3 Å². The van der Waals surface area contributed by atoms with E-state index in [4.69, 9.17) is 19.6 Å². The van der Waals surface area contributed by atoms with E-state index >= 15 is 0 Å². The minimum atomic E-state index is -1.28. The molecule has 0 N–H and O–H groups in total. The van der Waals surface area contributed by atoms with Crippen molar-refractivity contribution in [3.05, 3.63) is 134 Å². The summed E-state index contributed by atoms with van der Waals surface area (Å²) in [6.45, 7) is 8.25. The molecular weight excluding hydrogens is 504 g/mol. The molecule has 0 amide bonds. The zero-order valence-electron chi connectivity index (χ0n) is 22.0. The fraction of sp³-hybridized carbons (Fsp3) is 0.176. The summed E-state index contributed by atoms with van der Waals surface area (Å²) < 4.78 is 0. The molecule has 202 valence electrons. The zero-order valence-corrected chi connectivity index (χ0v) is 22.0. The molecule has 3 unspecified atom stereocenters. The fourth-order valence-corrected chi connectivity index (χ4v) is 4.70. The van der Waals surface area contributed by atoms with Crippen LogP contribution in [-0.2, 0) is 19.6 Å². The average Bonchev–Trinajstić information content (AvgIpc) is 3.01. The molecule has 0 heterocycles. The summed E-state index contributed by atoms with van der Waals surface area (Å²) in [5, 5.41) is 0. The molecular formula is C34H30O6. The van der Waals surface area contributed by atoms with Crippen LogP contribution in [0.2, 0.25) is 0 Å². The first kappa shape index (κ1) is 27.3. The first-order valence-electron chi connectivity index (χ1n) is 13.2. The summed E-state index contributed by atoms with van der Waals surface area (Å²) in [6, 6.07) is 33.6. The van der Waals surface area contributed by atoms with Gasteiger partial charge in [0.2, 0.25) is 0 Å². The third-order valence-electron chi connectivity index (χ3n) is 7.04. The second-order valence-electron chi connectivity index (χ2n) is 10.0. The summed E-state index contributed by atoms with van der Waals surface area (Å²) in [7, 11) is 0. The summed E-state index contributed by atoms with van der Waals surface area (Å²) in [5.41, 5.74) is 3.09. The Kier molecular flexibility index (Phi) is 8.39. The SMILES string of the molecule is [CH2]C1CCC([CH2])(OOC(=O)c2cccc(-c3ccccc3)c2)C(OOC(=O)c2cccc(-c3ccccc3)c2)C1. The predicted octanol–water partition coefficient (Wildman–Crippen LogP) is 7.47. The van der Waals surface area contributed by atoms with Gasteiger partial charge in [-0.3, -0.25) is 9.78 Å². The Morgan fingerprint density at radius 3 is 1.73 bits per heavy atom. The highest BCUT2D eigenvalue weighted by Crippen LogP contribution is 2.37. The summed E-state index contributed by atoms with van der Waals surface area (Å²) >= 11 is 0. The average molecular weight is 535 g/mol. The molecule has 4 aromatic rings. The van der Waals surface area contributed by atoms with Gasteiger partial charge in [-0.2, -0.15) is 9.78 Å². The van der Waals surface area contributed by atoms with E-state index < -0.39 is 23.6 Å². The van der Waals surface area contributed by atoms with Crippen LogP contribution in [0.3, 0.4) is 0 Å². The molecule has 1 aliphatic rings. The van der Waals surface area contributed by atoms with E-state index in [9.17, 15) is 9.59 Å². The van der Waals surface area contributed by atoms with Crippen molar-refractivity contribution in [1.82, 2.24) is 0 Å². The minimum Gasteiger partial charge on any atom is -0.292 e. The van der Waals surface area contributed by atoms with Gasteiger partial charge in [-0.25, -0.2) is 9.59 Å². The van der Waals surface area contributed by atoms with Crippen LogP contribution in [0.25, 0.3) is 22.3 Å². The van der Waals surface area contributed by atoms with Crippen LogP contribution in [0.4, 0.5) is 0 Å². The third-order valence-corrected chi connectivity index (χ3v) is 7.04. The maximum atomic E-state index is 12.9. The van der Waals surface area contributed by atoms with E-state index in [-0.39, 0.29) is 5.92 Å². The normalized spacial score (nSPS) is 20.4. The largest absolute Gasteiger partial charge is 0.373 e. The van der Waals surface area contributed by atoms with E-state index in [1.165, 1.54) is 0 Å². The Morgan fingerprint density at radius 2 is 1.18 bits per heavy atom. The van der Waals surface area contributed by atoms with Crippen molar-refractivity contribution in [3.8, 4) is 22.3 Å². The summed E-state index contributed by atoms with van der Waals surface area (Å²) in [4.78, 5) is 47.4. The van der Waals surface area contributed by atoms with Gasteiger partial charge in [0.1, 0.15) is 11.7 Å². The van der Waals surface area contributed by atoms with Crippen LogP contribution in [0.5, 0.6) is 0 Å². The Bertz CT molecular complexity index is 1450. The summed E-state index contributed by atoms with van der Waals surface area (Å²) in [6.07, 6.45) is 0.678. The molecule has 1 fully saturated rings. The number of hydrogen-bond donors (Lipinski definition) is 0. The van der Waals surface area contributed by atoms with Crippen molar-refractivity contribution in [2.45, 2.75) is 31.0 Å². The molecule has 0 aromatic heterocycles. The van der Waals surface area contributed by atoms with Gasteiger partial charge in [0, 0.05) is 0 Å². The van der Waals surface area contributed by atoms with Crippen molar-refractivity contribution in [2.75, 3.05) is 0 Å². The highest BCUT2D eigenvalue weighted by Gasteiger charge is 2.45. The maximum Gasteiger partial charge on any atom is 0.373 e. The molecule has 2 radical (unpaired) electrons. The Balaban J connectivity index is 1.23. The van der Waals surface area contributed by atoms with Gasteiger partial charge < -0.3 is 0 Å². The van der Waals surface area contributed by atoms with Crippen LogP contribution in [0, 0.1) is 19.8 Å². The van der Waals surface area contributed by atoms with Crippen LogP contribution in [0.15, 0.2) is 109 Å². The van der Waals surface area contributed by atoms with Crippen molar-refractivity contribution >= 4 is 11.9 Å². The van der Waals surface area contributed by atoms with Crippen molar-refractivity contribution in [2.24, 2.45) is 5.92 Å². The molecule has 0 spiro atoms. The topological polar surface area (TPSA) is 71.1 Å². The molecule has 5 rings (SSSR count). The smallest absolute Gasteiger partial charge is 0.292 e. The Hall–Kier alpha value is -4.26. The predicted molar refractivity (Wildman–Crippen MR) is 151 cm³/mol. The van der Waals surface area contributed by atoms with E-state index in [1.54, 1.807) is 36.4 Å². The number of hydrogen-bond acceptors (Lipinski definition) is 6. The highest BCUT2D eigenvalue weighted by molar-refractivity contribution is 5.91. The first-order valence-corrected chi connectivity index (χ1v) is 13.2. The van der Waals surface area contributed by atoms with Crippen LogP contribution in [0.1, 0.15) is 40.0 Å². The third kappa shape index (κ3) is 6.47. The van der Waals surface area contributed by atoms with Crippen LogP contribution < -0.4 is 0 Å². The second-order valence-corrected chi connectivity index (χ2v) is 10.0. The Labute approximate surface area is 234 Å². The quantitative estimate of drug-likeness (QED) is 0.172. The molecule has 1 aliphatic carbocycles. The number of benzene rings is 4. The molecule has 3 atom stereocenters. The van der Waals surface area contributed by atoms with Crippen molar-refractivity contribution in [1.29, 1.82) is 0 Å². The molecule has 0 aliphatic heterocycles. The van der Waals surface area contributed by atoms with E-state index in [2.05, 4.69) is 13.8 Å². The van der Waals surface area contributed by atoms with Gasteiger partial charge in [-0.05, 0) is 78.6 Å². The number of carbonyl (C=O) groups excluding carboxylic acids is 2. The molecule has 6 nitrogen and oxygen atoms in total. The van der Waals surface area contributed by atoms with Gasteiger partial charge >= 0.3 is 11.9 Å². The van der Waals surface area contributed by atoms with Crippen LogP contribution in [-0.4, -0.2) is 23.6 Å². The fourth-order valence-electron chi connectivity index (χ4n) is 4.70. The van der Waals surface area contributed by atoms with E-state index in [0.29, 0.717) is 30.4 Å². The van der Waals surface area contributed by atoms with Crippen molar-refractivity contribution < 1.29 is 29.1 Å². The lowest BCUT2D eigenvalue weighted by Gasteiger charge is -2.39. The first-order chi connectivity index (χ1) is 19.4. The summed E-state index contributed by atoms with van der Waals surface area (Å²) in [5.74, 6) is -1.28. The van der Waals surface area contributed by atoms with Gasteiger partial charge in [0.25, 0.3) is 0 Å². The number of carbonyl (C=O) groups is 2. The lowest BCUT2D eigenvalue weighted by Crippen LogP contribution is -2.48. The maximum absolute atomic E-state index is 12.9. The lowest BCUT2D eigenvalue weighted by atomic mass is 9.78. The zero-order chi connectivity index (χ0) is 28.0. The standard InChI is InChI=1S/C34H30O6/c1-24-19-20-34(2,40-39-33(36)30-18-10-16-28(23-30)26-13-7-4-8-14-26)31(21-24)37-38-32(35)29-17-9-15-27(22-29)25-11-5-3-6-12-25/h3-18,22-24,31H,1-2,19-21H2. The molecule has 6 heteroatoms. The lowest BCUT2D eigenvalue weighted by molar-refractivity contribution is -0.380. The van der Waals surface area contributed by atoms with Gasteiger partial charge in [-0.15, -0.1) is 0 Å². The molecule has 4 aromatic carbocycles. The molecule has 0 saturated heterocycles. The van der Waals surface area contributed by atoms with E-state index in [1.807, 2.05) is 72.8 Å². The van der Waals surface area contributed by atoms with Gasteiger partial charge in [-0.1, -0.05) is 91.9 Å².